The predicted octanol–water partition coefficient (Wildman–Crippen LogP) is 2.27. The third-order valence-electron chi connectivity index (χ3n) is 2.91. The lowest BCUT2D eigenvalue weighted by Gasteiger charge is -2.22. The van der Waals surface area contributed by atoms with Gasteiger partial charge in [-0.25, -0.2) is 0 Å². The van der Waals surface area contributed by atoms with E-state index in [1.165, 1.54) is 11.1 Å². The summed E-state index contributed by atoms with van der Waals surface area (Å²) in [4.78, 5) is 10.6. The number of rotatable bonds is 2. The van der Waals surface area contributed by atoms with E-state index in [0.29, 0.717) is 12.3 Å². The summed E-state index contributed by atoms with van der Waals surface area (Å²) in [5, 5.41) is 8.71. The zero-order valence-electron chi connectivity index (χ0n) is 8.07. The molecule has 0 saturated heterocycles. The van der Waals surface area contributed by atoms with E-state index in [-0.39, 0.29) is 0 Å². The first-order chi connectivity index (χ1) is 6.75. The van der Waals surface area contributed by atoms with Gasteiger partial charge in [-0.1, -0.05) is 24.3 Å². The summed E-state index contributed by atoms with van der Waals surface area (Å²) in [6.45, 7) is 0. The van der Waals surface area contributed by atoms with Crippen molar-refractivity contribution in [2.75, 3.05) is 0 Å². The number of aryl methyl sites for hydroxylation is 1. The number of aliphatic carboxylic acids is 1. The van der Waals surface area contributed by atoms with Crippen LogP contribution in [0.15, 0.2) is 24.3 Å². The first-order valence-electron chi connectivity index (χ1n) is 5.04. The molecule has 0 radical (unpaired) electrons. The lowest BCUT2D eigenvalue weighted by molar-refractivity contribution is -0.138. The van der Waals surface area contributed by atoms with Gasteiger partial charge in [0.1, 0.15) is 0 Å². The molecular formula is C12H14O2. The van der Waals surface area contributed by atoms with E-state index in [1.807, 2.05) is 6.07 Å². The maximum atomic E-state index is 10.6. The Balaban J connectivity index is 2.09. The summed E-state index contributed by atoms with van der Waals surface area (Å²) < 4.78 is 0. The molecule has 0 fully saturated rings. The number of carboxylic acid groups (broad SMARTS) is 1. The summed E-state index contributed by atoms with van der Waals surface area (Å²) in [7, 11) is 0. The first-order valence-corrected chi connectivity index (χ1v) is 5.04. The van der Waals surface area contributed by atoms with E-state index >= 15 is 0 Å². The van der Waals surface area contributed by atoms with Gasteiger partial charge in [0.15, 0.2) is 0 Å². The highest BCUT2D eigenvalue weighted by Crippen LogP contribution is 2.27. The molecule has 14 heavy (non-hydrogen) atoms. The van der Waals surface area contributed by atoms with Crippen molar-refractivity contribution < 1.29 is 9.90 Å². The van der Waals surface area contributed by atoms with Crippen molar-refractivity contribution >= 4 is 5.97 Å². The normalized spacial score (nSPS) is 20.1. The average Bonchev–Trinajstić information content (AvgIpc) is 2.17. The molecule has 2 nitrogen and oxygen atoms in total. The highest BCUT2D eigenvalue weighted by Gasteiger charge is 2.19. The van der Waals surface area contributed by atoms with Crippen molar-refractivity contribution in [1.29, 1.82) is 0 Å². The summed E-state index contributed by atoms with van der Waals surface area (Å²) in [5.41, 5.74) is 2.74. The molecule has 2 heteroatoms. The molecule has 74 valence electrons. The van der Waals surface area contributed by atoms with Gasteiger partial charge in [-0.3, -0.25) is 4.79 Å². The minimum absolute atomic E-state index is 0.314. The molecule has 1 atom stereocenters. The van der Waals surface area contributed by atoms with Crippen molar-refractivity contribution in [3.05, 3.63) is 35.4 Å². The number of hydrogen-bond donors (Lipinski definition) is 1. The van der Waals surface area contributed by atoms with E-state index < -0.39 is 5.97 Å². The largest absolute Gasteiger partial charge is 0.481 e. The van der Waals surface area contributed by atoms with Crippen LogP contribution >= 0.6 is 0 Å². The van der Waals surface area contributed by atoms with Crippen LogP contribution in [0.2, 0.25) is 0 Å². The van der Waals surface area contributed by atoms with Gasteiger partial charge in [-0.15, -0.1) is 0 Å². The Hall–Kier alpha value is -1.31. The van der Waals surface area contributed by atoms with Crippen LogP contribution in [0.25, 0.3) is 0 Å². The maximum absolute atomic E-state index is 10.6. The summed E-state index contributed by atoms with van der Waals surface area (Å²) in [6.07, 6.45) is 3.30. The molecule has 1 aromatic rings. The molecule has 1 N–H and O–H groups in total. The third kappa shape index (κ3) is 1.95. The molecule has 0 aromatic heterocycles. The fourth-order valence-electron chi connectivity index (χ4n) is 2.19. The van der Waals surface area contributed by atoms with Gasteiger partial charge in [-0.2, -0.15) is 0 Å². The van der Waals surface area contributed by atoms with Crippen molar-refractivity contribution in [1.82, 2.24) is 0 Å². The Morgan fingerprint density at radius 3 is 2.79 bits per heavy atom. The number of benzene rings is 1. The summed E-state index contributed by atoms with van der Waals surface area (Å²) in [6, 6.07) is 8.34. The van der Waals surface area contributed by atoms with Crippen LogP contribution in [-0.4, -0.2) is 11.1 Å². The molecule has 0 saturated carbocycles. The zero-order valence-corrected chi connectivity index (χ0v) is 8.07. The Labute approximate surface area is 83.6 Å². The van der Waals surface area contributed by atoms with Crippen LogP contribution in [0.4, 0.5) is 0 Å². The zero-order chi connectivity index (χ0) is 9.97. The van der Waals surface area contributed by atoms with Crippen LogP contribution in [0, 0.1) is 5.92 Å². The molecule has 1 aromatic carbocycles. The van der Waals surface area contributed by atoms with Crippen LogP contribution in [-0.2, 0) is 17.6 Å². The average molecular weight is 190 g/mol. The van der Waals surface area contributed by atoms with Gasteiger partial charge >= 0.3 is 5.97 Å². The van der Waals surface area contributed by atoms with Crippen LogP contribution in [0.5, 0.6) is 0 Å². The molecular weight excluding hydrogens is 176 g/mol. The van der Waals surface area contributed by atoms with Crippen LogP contribution < -0.4 is 0 Å². The lowest BCUT2D eigenvalue weighted by atomic mass is 9.82. The number of carboxylic acids is 1. The lowest BCUT2D eigenvalue weighted by Crippen LogP contribution is -2.17. The van der Waals surface area contributed by atoms with E-state index in [0.717, 1.165) is 19.3 Å². The molecule has 1 aliphatic carbocycles. The fourth-order valence-corrected chi connectivity index (χ4v) is 2.19. The first kappa shape index (κ1) is 9.25. The quantitative estimate of drug-likeness (QED) is 0.776. The van der Waals surface area contributed by atoms with Crippen molar-refractivity contribution in [2.45, 2.75) is 25.7 Å². The molecule has 0 bridgehead atoms. The van der Waals surface area contributed by atoms with E-state index in [4.69, 9.17) is 5.11 Å². The Morgan fingerprint density at radius 2 is 2.07 bits per heavy atom. The Morgan fingerprint density at radius 1 is 1.36 bits per heavy atom. The second kappa shape index (κ2) is 3.82. The van der Waals surface area contributed by atoms with Crippen molar-refractivity contribution in [3.8, 4) is 0 Å². The Kier molecular flexibility index (Phi) is 2.53. The number of carbonyl (C=O) groups is 1. The third-order valence-corrected chi connectivity index (χ3v) is 2.91. The molecule has 2 rings (SSSR count). The van der Waals surface area contributed by atoms with E-state index in [2.05, 4.69) is 18.2 Å². The fraction of sp³-hybridized carbons (Fsp3) is 0.417. The van der Waals surface area contributed by atoms with Gasteiger partial charge in [0.25, 0.3) is 0 Å². The van der Waals surface area contributed by atoms with Crippen LogP contribution in [0.3, 0.4) is 0 Å². The highest BCUT2D eigenvalue weighted by atomic mass is 16.4. The monoisotopic (exact) mass is 190 g/mol. The molecule has 0 aliphatic heterocycles. The molecule has 0 heterocycles. The van der Waals surface area contributed by atoms with Crippen molar-refractivity contribution in [2.24, 2.45) is 5.92 Å². The van der Waals surface area contributed by atoms with E-state index in [9.17, 15) is 4.79 Å². The van der Waals surface area contributed by atoms with Crippen molar-refractivity contribution in [3.63, 3.8) is 0 Å². The van der Waals surface area contributed by atoms with Gasteiger partial charge in [0, 0.05) is 6.42 Å². The van der Waals surface area contributed by atoms with Gasteiger partial charge in [0.2, 0.25) is 0 Å². The Bertz CT molecular complexity index is 344. The van der Waals surface area contributed by atoms with Gasteiger partial charge < -0.3 is 5.11 Å². The topological polar surface area (TPSA) is 37.3 Å². The molecule has 0 amide bonds. The number of hydrogen-bond acceptors (Lipinski definition) is 1. The van der Waals surface area contributed by atoms with E-state index in [1.54, 1.807) is 0 Å². The predicted molar refractivity (Wildman–Crippen MR) is 54.2 cm³/mol. The molecule has 1 aliphatic rings. The minimum atomic E-state index is -0.672. The second-order valence-electron chi connectivity index (χ2n) is 3.98. The van der Waals surface area contributed by atoms with Gasteiger partial charge in [-0.05, 0) is 36.3 Å². The van der Waals surface area contributed by atoms with Gasteiger partial charge in [0.05, 0.1) is 0 Å². The standard InChI is InChI=1S/C12H14O2/c13-12(14)8-9-5-6-10-3-1-2-4-11(10)7-9/h1-4,9H,5-8H2,(H,13,14). The van der Waals surface area contributed by atoms with Crippen LogP contribution in [0.1, 0.15) is 24.0 Å². The maximum Gasteiger partial charge on any atom is 0.303 e. The SMILES string of the molecule is O=C(O)CC1CCc2ccccc2C1. The molecule has 0 spiro atoms. The number of fused-ring (bicyclic) bond motifs is 1. The molecule has 1 unspecified atom stereocenters. The highest BCUT2D eigenvalue weighted by molar-refractivity contribution is 5.67. The summed E-state index contributed by atoms with van der Waals surface area (Å²) in [5.74, 6) is -0.336. The summed E-state index contributed by atoms with van der Waals surface area (Å²) >= 11 is 0. The second-order valence-corrected chi connectivity index (χ2v) is 3.98. The smallest absolute Gasteiger partial charge is 0.303 e. The minimum Gasteiger partial charge on any atom is -0.481 e.